The van der Waals surface area contributed by atoms with Crippen molar-refractivity contribution >= 4 is 0 Å². The topological polar surface area (TPSA) is 43.3 Å². The standard InChI is InChI=1S/C12H26O.C4H11NO/c1-2-3-4-5-6-7-8-9-10-11-12-13;1-4-5(2,3)6/h13H,2-12H2,1H3;4H2,1-3H3. The van der Waals surface area contributed by atoms with Gasteiger partial charge in [0.2, 0.25) is 0 Å². The first kappa shape index (κ1) is 21.2. The van der Waals surface area contributed by atoms with E-state index in [1.807, 2.05) is 6.92 Å². The van der Waals surface area contributed by atoms with E-state index in [0.717, 1.165) is 6.42 Å². The molecule has 0 aliphatic rings. The van der Waals surface area contributed by atoms with Crippen molar-refractivity contribution in [3.63, 3.8) is 0 Å². The molecule has 0 amide bonds. The Labute approximate surface area is 121 Å². The summed E-state index contributed by atoms with van der Waals surface area (Å²) in [7, 11) is 3.25. The highest BCUT2D eigenvalue weighted by atomic mass is 16.5. The molecule has 0 heterocycles. The van der Waals surface area contributed by atoms with Crippen molar-refractivity contribution in [3.8, 4) is 0 Å². The molecule has 0 bridgehead atoms. The smallest absolute Gasteiger partial charge is 0.0751 e. The number of hydrogen-bond donors (Lipinski definition) is 1. The van der Waals surface area contributed by atoms with Gasteiger partial charge in [0.05, 0.1) is 20.6 Å². The van der Waals surface area contributed by atoms with Crippen molar-refractivity contribution in [3.05, 3.63) is 5.21 Å². The van der Waals surface area contributed by atoms with Crippen LogP contribution in [0.15, 0.2) is 0 Å². The number of hydroxylamine groups is 3. The van der Waals surface area contributed by atoms with Crippen molar-refractivity contribution in [1.29, 1.82) is 0 Å². The van der Waals surface area contributed by atoms with Gasteiger partial charge in [0.15, 0.2) is 0 Å². The minimum atomic E-state index is -0.181. The van der Waals surface area contributed by atoms with Gasteiger partial charge in [0.25, 0.3) is 0 Å². The predicted octanol–water partition coefficient (Wildman–Crippen LogP) is 4.48. The molecule has 1 N–H and O–H groups in total. The zero-order valence-electron chi connectivity index (χ0n) is 13.8. The number of unbranched alkanes of at least 4 members (excludes halogenated alkanes) is 9. The van der Waals surface area contributed by atoms with Crippen LogP contribution in [0.5, 0.6) is 0 Å². The van der Waals surface area contributed by atoms with E-state index in [2.05, 4.69) is 6.92 Å². The van der Waals surface area contributed by atoms with Crippen molar-refractivity contribution in [1.82, 2.24) is 0 Å². The predicted molar refractivity (Wildman–Crippen MR) is 84.9 cm³/mol. The average molecular weight is 275 g/mol. The average Bonchev–Trinajstić information content (AvgIpc) is 2.37. The Kier molecular flexibility index (Phi) is 17.8. The van der Waals surface area contributed by atoms with E-state index in [0.29, 0.717) is 13.2 Å². The molecule has 0 saturated carbocycles. The van der Waals surface area contributed by atoms with Crippen molar-refractivity contribution in [2.45, 2.75) is 78.1 Å². The summed E-state index contributed by atoms with van der Waals surface area (Å²) in [4.78, 5) is 0. The monoisotopic (exact) mass is 275 g/mol. The maximum absolute atomic E-state index is 10.4. The molecule has 0 unspecified atom stereocenters. The van der Waals surface area contributed by atoms with Crippen LogP contribution in [-0.4, -0.2) is 37.0 Å². The first-order chi connectivity index (χ1) is 8.97. The third-order valence-corrected chi connectivity index (χ3v) is 3.27. The van der Waals surface area contributed by atoms with Crippen LogP contribution in [0.25, 0.3) is 0 Å². The Bertz CT molecular complexity index is 145. The summed E-state index contributed by atoms with van der Waals surface area (Å²) in [6.07, 6.45) is 13.3. The molecular weight excluding hydrogens is 238 g/mol. The minimum absolute atomic E-state index is 0.181. The lowest BCUT2D eigenvalue weighted by atomic mass is 10.1. The number of aliphatic hydroxyl groups excluding tert-OH is 1. The Morgan fingerprint density at radius 2 is 1.05 bits per heavy atom. The van der Waals surface area contributed by atoms with E-state index in [1.165, 1.54) is 57.8 Å². The lowest BCUT2D eigenvalue weighted by Crippen LogP contribution is -2.31. The van der Waals surface area contributed by atoms with Crippen LogP contribution in [0.3, 0.4) is 0 Å². The lowest BCUT2D eigenvalue weighted by molar-refractivity contribution is -0.837. The SMILES string of the molecule is CCCCCCCCCCCCO.CC[N+](C)(C)[O-]. The molecule has 0 aromatic heterocycles. The van der Waals surface area contributed by atoms with E-state index < -0.39 is 0 Å². The summed E-state index contributed by atoms with van der Waals surface area (Å²) in [5.41, 5.74) is 0. The first-order valence-electron chi connectivity index (χ1n) is 8.12. The lowest BCUT2D eigenvalue weighted by Gasteiger charge is -2.31. The summed E-state index contributed by atoms with van der Waals surface area (Å²) < 4.78 is -0.181. The number of nitrogens with zero attached hydrogens (tertiary/aromatic N) is 1. The number of aliphatic hydroxyl groups is 1. The molecule has 0 radical (unpaired) electrons. The van der Waals surface area contributed by atoms with E-state index in [9.17, 15) is 5.21 Å². The molecule has 118 valence electrons. The maximum atomic E-state index is 10.4. The maximum Gasteiger partial charge on any atom is 0.0751 e. The second-order valence-electron chi connectivity index (χ2n) is 5.80. The zero-order valence-corrected chi connectivity index (χ0v) is 13.8. The minimum Gasteiger partial charge on any atom is -0.633 e. The molecule has 3 heteroatoms. The normalized spacial score (nSPS) is 11.1. The molecular formula is C16H37NO2. The van der Waals surface area contributed by atoms with Gasteiger partial charge >= 0.3 is 0 Å². The quantitative estimate of drug-likeness (QED) is 0.343. The van der Waals surface area contributed by atoms with Gasteiger partial charge in [-0.25, -0.2) is 0 Å². The Morgan fingerprint density at radius 1 is 0.737 bits per heavy atom. The number of quaternary nitrogens is 1. The second-order valence-corrected chi connectivity index (χ2v) is 5.80. The first-order valence-corrected chi connectivity index (χ1v) is 8.12. The van der Waals surface area contributed by atoms with Gasteiger partial charge in [0, 0.05) is 6.61 Å². The molecule has 0 spiro atoms. The summed E-state index contributed by atoms with van der Waals surface area (Å²) in [5, 5.41) is 19.0. The van der Waals surface area contributed by atoms with Gasteiger partial charge in [-0.15, -0.1) is 0 Å². The van der Waals surface area contributed by atoms with Gasteiger partial charge in [-0.1, -0.05) is 64.7 Å². The van der Waals surface area contributed by atoms with Crippen molar-refractivity contribution in [2.75, 3.05) is 27.2 Å². The molecule has 0 atom stereocenters. The Hall–Kier alpha value is -0.120. The van der Waals surface area contributed by atoms with E-state index in [1.54, 1.807) is 14.1 Å². The molecule has 0 aliphatic carbocycles. The van der Waals surface area contributed by atoms with Crippen LogP contribution in [0.1, 0.15) is 78.1 Å². The van der Waals surface area contributed by atoms with Crippen LogP contribution < -0.4 is 0 Å². The van der Waals surface area contributed by atoms with Crippen LogP contribution in [0, 0.1) is 5.21 Å². The van der Waals surface area contributed by atoms with Crippen LogP contribution >= 0.6 is 0 Å². The molecule has 0 fully saturated rings. The highest BCUT2D eigenvalue weighted by Crippen LogP contribution is 2.09. The van der Waals surface area contributed by atoms with Gasteiger partial charge in [0.1, 0.15) is 0 Å². The molecule has 3 nitrogen and oxygen atoms in total. The summed E-state index contributed by atoms with van der Waals surface area (Å²) in [5.74, 6) is 0. The van der Waals surface area contributed by atoms with Crippen LogP contribution in [0.2, 0.25) is 0 Å². The molecule has 0 saturated heterocycles. The number of rotatable bonds is 11. The number of hydrogen-bond acceptors (Lipinski definition) is 2. The van der Waals surface area contributed by atoms with Gasteiger partial charge in [-0.2, -0.15) is 0 Å². The van der Waals surface area contributed by atoms with E-state index in [-0.39, 0.29) is 4.65 Å². The fraction of sp³-hybridized carbons (Fsp3) is 1.00. The third-order valence-electron chi connectivity index (χ3n) is 3.27. The Morgan fingerprint density at radius 3 is 1.32 bits per heavy atom. The molecule has 0 aromatic rings. The zero-order chi connectivity index (χ0) is 15.0. The molecule has 19 heavy (non-hydrogen) atoms. The largest absolute Gasteiger partial charge is 0.633 e. The second kappa shape index (κ2) is 15.9. The summed E-state index contributed by atoms with van der Waals surface area (Å²) in [6.45, 7) is 5.15. The molecule has 0 rings (SSSR count). The molecule has 0 aliphatic heterocycles. The van der Waals surface area contributed by atoms with Crippen molar-refractivity contribution < 1.29 is 9.75 Å². The Balaban J connectivity index is 0. The van der Waals surface area contributed by atoms with Crippen molar-refractivity contribution in [2.24, 2.45) is 0 Å². The summed E-state index contributed by atoms with van der Waals surface area (Å²) >= 11 is 0. The van der Waals surface area contributed by atoms with Gasteiger partial charge < -0.3 is 15.0 Å². The molecule has 0 aromatic carbocycles. The fourth-order valence-corrected chi connectivity index (χ4v) is 1.60. The fourth-order valence-electron chi connectivity index (χ4n) is 1.60. The highest BCUT2D eigenvalue weighted by Gasteiger charge is 1.91. The van der Waals surface area contributed by atoms with Gasteiger partial charge in [-0.05, 0) is 13.3 Å². The van der Waals surface area contributed by atoms with Crippen LogP contribution in [-0.2, 0) is 0 Å². The van der Waals surface area contributed by atoms with E-state index >= 15 is 0 Å². The van der Waals surface area contributed by atoms with E-state index in [4.69, 9.17) is 5.11 Å². The highest BCUT2D eigenvalue weighted by molar-refractivity contribution is 4.46. The third kappa shape index (κ3) is 27.2. The van der Waals surface area contributed by atoms with Crippen LogP contribution in [0.4, 0.5) is 0 Å². The summed E-state index contributed by atoms with van der Waals surface area (Å²) in [6, 6.07) is 0. The van der Waals surface area contributed by atoms with Gasteiger partial charge in [-0.3, -0.25) is 0 Å².